The zero-order chi connectivity index (χ0) is 12.8. The van der Waals surface area contributed by atoms with Crippen LogP contribution in [0.15, 0.2) is 35.5 Å². The molecule has 0 aliphatic rings. The van der Waals surface area contributed by atoms with Gasteiger partial charge in [0.05, 0.1) is 0 Å². The molecule has 2 aromatic rings. The summed E-state index contributed by atoms with van der Waals surface area (Å²) in [6, 6.07) is 10.2. The van der Waals surface area contributed by atoms with Crippen LogP contribution in [0.3, 0.4) is 0 Å². The molecule has 0 atom stereocenters. The molecule has 96 valence electrons. The van der Waals surface area contributed by atoms with Crippen LogP contribution >= 0.6 is 11.8 Å². The number of nitrogens with two attached hydrogens (primary N) is 1. The first-order valence-corrected chi connectivity index (χ1v) is 7.16. The Morgan fingerprint density at radius 3 is 2.72 bits per heavy atom. The second-order valence-corrected chi connectivity index (χ2v) is 5.20. The molecule has 18 heavy (non-hydrogen) atoms. The van der Waals surface area contributed by atoms with Crippen molar-refractivity contribution >= 4 is 11.8 Å². The Morgan fingerprint density at radius 2 is 2.00 bits per heavy atom. The van der Waals surface area contributed by atoms with Gasteiger partial charge in [0.2, 0.25) is 5.16 Å². The number of aromatic nitrogens is 3. The molecule has 0 bridgehead atoms. The molecular formula is C13H18N4S. The van der Waals surface area contributed by atoms with E-state index in [-0.39, 0.29) is 0 Å². The van der Waals surface area contributed by atoms with Gasteiger partial charge in [-0.25, -0.2) is 4.68 Å². The Kier molecular flexibility index (Phi) is 4.64. The minimum Gasteiger partial charge on any atom is -0.336 e. The molecule has 0 saturated heterocycles. The Labute approximate surface area is 112 Å². The highest BCUT2D eigenvalue weighted by atomic mass is 32.2. The Hall–Kier alpha value is -1.49. The van der Waals surface area contributed by atoms with Crippen LogP contribution in [-0.4, -0.2) is 20.6 Å². The highest BCUT2D eigenvalue weighted by molar-refractivity contribution is 7.99. The minimum atomic E-state index is 0.721. The van der Waals surface area contributed by atoms with Gasteiger partial charge in [-0.1, -0.05) is 55.4 Å². The molecular weight excluding hydrogens is 244 g/mol. The molecule has 4 nitrogen and oxygen atoms in total. The van der Waals surface area contributed by atoms with E-state index in [2.05, 4.69) is 29.3 Å². The normalized spacial score (nSPS) is 10.7. The average Bonchev–Trinajstić information content (AvgIpc) is 2.73. The summed E-state index contributed by atoms with van der Waals surface area (Å²) < 4.78 is 1.60. The van der Waals surface area contributed by atoms with Crippen molar-refractivity contribution < 1.29 is 0 Å². The van der Waals surface area contributed by atoms with Crippen molar-refractivity contribution in [2.24, 2.45) is 0 Å². The van der Waals surface area contributed by atoms with E-state index in [0.717, 1.165) is 23.2 Å². The fourth-order valence-corrected chi connectivity index (χ4v) is 2.57. The van der Waals surface area contributed by atoms with E-state index in [0.29, 0.717) is 0 Å². The molecule has 0 aliphatic heterocycles. The van der Waals surface area contributed by atoms with Gasteiger partial charge >= 0.3 is 0 Å². The second kappa shape index (κ2) is 6.44. The topological polar surface area (TPSA) is 56.7 Å². The average molecular weight is 262 g/mol. The van der Waals surface area contributed by atoms with E-state index in [1.807, 2.05) is 18.2 Å². The maximum absolute atomic E-state index is 6.00. The maximum atomic E-state index is 6.00. The fourth-order valence-electron chi connectivity index (χ4n) is 1.61. The lowest BCUT2D eigenvalue weighted by Gasteiger charge is -2.03. The van der Waals surface area contributed by atoms with Crippen LogP contribution in [0.2, 0.25) is 0 Å². The Balaban J connectivity index is 2.02. The number of nitrogens with zero attached hydrogens (tertiary/aromatic N) is 3. The lowest BCUT2D eigenvalue weighted by Crippen LogP contribution is -2.14. The van der Waals surface area contributed by atoms with Crippen molar-refractivity contribution in [2.75, 3.05) is 11.6 Å². The zero-order valence-electron chi connectivity index (χ0n) is 10.5. The zero-order valence-corrected chi connectivity index (χ0v) is 11.4. The third-order valence-corrected chi connectivity index (χ3v) is 3.70. The third kappa shape index (κ3) is 3.26. The summed E-state index contributed by atoms with van der Waals surface area (Å²) in [5, 5.41) is 9.09. The molecule has 0 unspecified atom stereocenters. The molecule has 1 heterocycles. The van der Waals surface area contributed by atoms with Crippen molar-refractivity contribution in [3.8, 4) is 0 Å². The van der Waals surface area contributed by atoms with Gasteiger partial charge < -0.3 is 5.84 Å². The standard InChI is InChI=1S/C13H18N4S/c1-2-3-9-18-13-16-15-12(17(13)14)10-11-7-5-4-6-8-11/h4-8H,2-3,9-10,14H2,1H3. The van der Waals surface area contributed by atoms with Crippen LogP contribution in [0.5, 0.6) is 0 Å². The van der Waals surface area contributed by atoms with Gasteiger partial charge in [-0.15, -0.1) is 10.2 Å². The predicted molar refractivity (Wildman–Crippen MR) is 75.1 cm³/mol. The molecule has 5 heteroatoms. The van der Waals surface area contributed by atoms with E-state index in [1.165, 1.54) is 18.4 Å². The van der Waals surface area contributed by atoms with E-state index >= 15 is 0 Å². The quantitative estimate of drug-likeness (QED) is 0.493. The maximum Gasteiger partial charge on any atom is 0.209 e. The van der Waals surface area contributed by atoms with Gasteiger partial charge in [0, 0.05) is 12.2 Å². The van der Waals surface area contributed by atoms with E-state index in [1.54, 1.807) is 16.4 Å². The molecule has 0 fully saturated rings. The number of rotatable bonds is 6. The number of nitrogen functional groups attached to an aromatic ring is 1. The number of unbranched alkanes of at least 4 members (excludes halogenated alkanes) is 1. The number of thioether (sulfide) groups is 1. The Bertz CT molecular complexity index is 481. The van der Waals surface area contributed by atoms with Crippen LogP contribution in [0, 0.1) is 0 Å². The highest BCUT2D eigenvalue weighted by Gasteiger charge is 2.10. The molecule has 0 aliphatic carbocycles. The molecule has 0 spiro atoms. The molecule has 0 radical (unpaired) electrons. The molecule has 1 aromatic carbocycles. The monoisotopic (exact) mass is 262 g/mol. The van der Waals surface area contributed by atoms with Gasteiger partial charge in [0.15, 0.2) is 5.82 Å². The summed E-state index contributed by atoms with van der Waals surface area (Å²) in [5.41, 5.74) is 1.20. The summed E-state index contributed by atoms with van der Waals surface area (Å²) in [4.78, 5) is 0. The van der Waals surface area contributed by atoms with E-state index < -0.39 is 0 Å². The van der Waals surface area contributed by atoms with E-state index in [9.17, 15) is 0 Å². The lowest BCUT2D eigenvalue weighted by molar-refractivity contribution is 0.802. The van der Waals surface area contributed by atoms with Crippen LogP contribution in [0.4, 0.5) is 0 Å². The van der Waals surface area contributed by atoms with Crippen molar-refractivity contribution in [3.05, 3.63) is 41.7 Å². The third-order valence-electron chi connectivity index (χ3n) is 2.67. The minimum absolute atomic E-state index is 0.721. The molecule has 0 amide bonds. The molecule has 0 saturated carbocycles. The van der Waals surface area contributed by atoms with Crippen LogP contribution < -0.4 is 5.84 Å². The lowest BCUT2D eigenvalue weighted by atomic mass is 10.1. The fraction of sp³-hybridized carbons (Fsp3) is 0.385. The van der Waals surface area contributed by atoms with Gasteiger partial charge in [-0.2, -0.15) is 0 Å². The van der Waals surface area contributed by atoms with Crippen LogP contribution in [-0.2, 0) is 6.42 Å². The smallest absolute Gasteiger partial charge is 0.209 e. The van der Waals surface area contributed by atoms with E-state index in [4.69, 9.17) is 5.84 Å². The molecule has 2 rings (SSSR count). The first kappa shape index (κ1) is 13.0. The van der Waals surface area contributed by atoms with Gasteiger partial charge in [0.1, 0.15) is 0 Å². The SMILES string of the molecule is CCCCSc1nnc(Cc2ccccc2)n1N. The van der Waals surface area contributed by atoms with Crippen molar-refractivity contribution in [3.63, 3.8) is 0 Å². The summed E-state index contributed by atoms with van der Waals surface area (Å²) >= 11 is 1.67. The van der Waals surface area contributed by atoms with Crippen molar-refractivity contribution in [2.45, 2.75) is 31.3 Å². The van der Waals surface area contributed by atoms with Crippen molar-refractivity contribution in [1.29, 1.82) is 0 Å². The largest absolute Gasteiger partial charge is 0.336 e. The summed E-state index contributed by atoms with van der Waals surface area (Å²) in [6.45, 7) is 2.18. The van der Waals surface area contributed by atoms with Crippen molar-refractivity contribution in [1.82, 2.24) is 14.9 Å². The number of hydrogen-bond acceptors (Lipinski definition) is 4. The summed E-state index contributed by atoms with van der Waals surface area (Å²) in [6.07, 6.45) is 3.08. The highest BCUT2D eigenvalue weighted by Crippen LogP contribution is 2.17. The summed E-state index contributed by atoms with van der Waals surface area (Å²) in [5.74, 6) is 7.85. The molecule has 1 aromatic heterocycles. The summed E-state index contributed by atoms with van der Waals surface area (Å²) in [7, 11) is 0. The first-order chi connectivity index (χ1) is 8.81. The van der Waals surface area contributed by atoms with Gasteiger partial charge in [-0.3, -0.25) is 0 Å². The van der Waals surface area contributed by atoms with Gasteiger partial charge in [0.25, 0.3) is 0 Å². The molecule has 2 N–H and O–H groups in total. The van der Waals surface area contributed by atoms with Gasteiger partial charge in [-0.05, 0) is 12.0 Å². The van der Waals surface area contributed by atoms with Crippen LogP contribution in [0.25, 0.3) is 0 Å². The first-order valence-electron chi connectivity index (χ1n) is 6.17. The number of hydrogen-bond donors (Lipinski definition) is 1. The number of benzene rings is 1. The second-order valence-electron chi connectivity index (χ2n) is 4.13. The van der Waals surface area contributed by atoms with Crippen LogP contribution in [0.1, 0.15) is 31.2 Å². The Morgan fingerprint density at radius 1 is 1.22 bits per heavy atom. The predicted octanol–water partition coefficient (Wildman–Crippen LogP) is 2.47.